The van der Waals surface area contributed by atoms with E-state index < -0.39 is 4.92 Å². The smallest absolute Gasteiger partial charge is 0.269 e. The predicted octanol–water partition coefficient (Wildman–Crippen LogP) is 3.87. The van der Waals surface area contributed by atoms with Gasteiger partial charge in [-0.1, -0.05) is 13.0 Å². The maximum absolute atomic E-state index is 13.0. The minimum absolute atomic E-state index is 0.0130. The van der Waals surface area contributed by atoms with Crippen LogP contribution in [0.25, 0.3) is 5.65 Å². The van der Waals surface area contributed by atoms with E-state index in [4.69, 9.17) is 0 Å². The lowest BCUT2D eigenvalue weighted by atomic mass is 10.2. The van der Waals surface area contributed by atoms with Crippen molar-refractivity contribution in [3.8, 4) is 0 Å². The summed E-state index contributed by atoms with van der Waals surface area (Å²) in [5, 5.41) is 14.0. The Hall–Kier alpha value is -3.55. The van der Waals surface area contributed by atoms with Gasteiger partial charge in [0.25, 0.3) is 11.2 Å². The SMILES string of the molecule is CCC(C)Nc1nc2c(C)cccn2c(=O)c1C=Nc1ccc([N+](=O)[O-])cc1. The lowest BCUT2D eigenvalue weighted by molar-refractivity contribution is -0.384. The third kappa shape index (κ3) is 3.90. The number of non-ortho nitro benzene ring substituents is 1. The molecule has 0 aliphatic rings. The molecule has 0 saturated carbocycles. The molecule has 28 heavy (non-hydrogen) atoms. The van der Waals surface area contributed by atoms with E-state index in [2.05, 4.69) is 15.3 Å². The molecular formula is C20H21N5O3. The zero-order valence-electron chi connectivity index (χ0n) is 15.9. The normalized spacial score (nSPS) is 12.4. The number of aliphatic imine (C=N–C) groups is 1. The number of pyridine rings is 1. The summed E-state index contributed by atoms with van der Waals surface area (Å²) in [6.07, 6.45) is 4.00. The second-order valence-corrected chi connectivity index (χ2v) is 6.55. The molecule has 0 saturated heterocycles. The molecule has 2 heterocycles. The molecular weight excluding hydrogens is 358 g/mol. The van der Waals surface area contributed by atoms with Gasteiger partial charge in [-0.05, 0) is 44.0 Å². The van der Waals surface area contributed by atoms with Crippen LogP contribution in [0.4, 0.5) is 17.2 Å². The van der Waals surface area contributed by atoms with Gasteiger partial charge in [-0.25, -0.2) is 4.98 Å². The van der Waals surface area contributed by atoms with Gasteiger partial charge < -0.3 is 5.32 Å². The number of fused-ring (bicyclic) bond motifs is 1. The van der Waals surface area contributed by atoms with Crippen LogP contribution in [0.15, 0.2) is 52.4 Å². The molecule has 0 aliphatic carbocycles. The lowest BCUT2D eigenvalue weighted by Crippen LogP contribution is -2.25. The fourth-order valence-corrected chi connectivity index (χ4v) is 2.67. The summed E-state index contributed by atoms with van der Waals surface area (Å²) in [6.45, 7) is 5.96. The van der Waals surface area contributed by atoms with Crippen molar-refractivity contribution < 1.29 is 4.92 Å². The summed E-state index contributed by atoms with van der Waals surface area (Å²) in [6, 6.07) is 9.65. The van der Waals surface area contributed by atoms with E-state index >= 15 is 0 Å². The summed E-state index contributed by atoms with van der Waals surface area (Å²) < 4.78 is 1.49. The summed E-state index contributed by atoms with van der Waals surface area (Å²) in [7, 11) is 0. The number of anilines is 1. The molecule has 8 nitrogen and oxygen atoms in total. The van der Waals surface area contributed by atoms with Crippen LogP contribution in [0.5, 0.6) is 0 Å². The highest BCUT2D eigenvalue weighted by atomic mass is 16.6. The number of nitrogens with zero attached hydrogens (tertiary/aromatic N) is 4. The van der Waals surface area contributed by atoms with Gasteiger partial charge in [-0.15, -0.1) is 0 Å². The average molecular weight is 379 g/mol. The maximum atomic E-state index is 13.0. The Morgan fingerprint density at radius 3 is 2.68 bits per heavy atom. The Balaban J connectivity index is 2.09. The summed E-state index contributed by atoms with van der Waals surface area (Å²) in [5.41, 5.74) is 2.08. The van der Waals surface area contributed by atoms with Crippen molar-refractivity contribution >= 4 is 29.1 Å². The monoisotopic (exact) mass is 379 g/mol. The molecule has 3 rings (SSSR count). The Morgan fingerprint density at radius 2 is 2.04 bits per heavy atom. The highest BCUT2D eigenvalue weighted by molar-refractivity contribution is 5.88. The van der Waals surface area contributed by atoms with Crippen LogP contribution in [0.2, 0.25) is 0 Å². The zero-order valence-corrected chi connectivity index (χ0v) is 15.9. The highest BCUT2D eigenvalue weighted by Crippen LogP contribution is 2.19. The van der Waals surface area contributed by atoms with Gasteiger partial charge in [0.15, 0.2) is 0 Å². The van der Waals surface area contributed by atoms with E-state index in [1.807, 2.05) is 26.8 Å². The topological polar surface area (TPSA) is 102 Å². The standard InChI is InChI=1S/C20H21N5O3/c1-4-14(3)22-18-17(12-21-15-7-9-16(10-8-15)25(27)28)20(26)24-11-5-6-13(2)19(24)23-18/h5-12,14,22H,4H2,1-3H3. The minimum Gasteiger partial charge on any atom is -0.367 e. The Kier molecular flexibility index (Phi) is 5.49. The zero-order chi connectivity index (χ0) is 20.3. The molecule has 1 N–H and O–H groups in total. The van der Waals surface area contributed by atoms with Gasteiger partial charge in [0.1, 0.15) is 17.0 Å². The van der Waals surface area contributed by atoms with Crippen LogP contribution in [0.3, 0.4) is 0 Å². The van der Waals surface area contributed by atoms with E-state index in [0.717, 1.165) is 12.0 Å². The Morgan fingerprint density at radius 1 is 1.32 bits per heavy atom. The minimum atomic E-state index is -0.469. The first kappa shape index (κ1) is 19.2. The number of aromatic nitrogens is 2. The van der Waals surface area contributed by atoms with Crippen molar-refractivity contribution in [2.75, 3.05) is 5.32 Å². The number of benzene rings is 1. The molecule has 1 atom stereocenters. The first-order valence-corrected chi connectivity index (χ1v) is 8.97. The molecule has 1 unspecified atom stereocenters. The highest BCUT2D eigenvalue weighted by Gasteiger charge is 2.14. The maximum Gasteiger partial charge on any atom is 0.269 e. The number of aryl methyl sites for hydroxylation is 1. The largest absolute Gasteiger partial charge is 0.367 e. The van der Waals surface area contributed by atoms with Gasteiger partial charge in [0.2, 0.25) is 0 Å². The number of hydrogen-bond donors (Lipinski definition) is 1. The van der Waals surface area contributed by atoms with E-state index in [1.165, 1.54) is 34.9 Å². The molecule has 0 aliphatic heterocycles. The molecule has 0 bridgehead atoms. The fourth-order valence-electron chi connectivity index (χ4n) is 2.67. The van der Waals surface area contributed by atoms with E-state index in [0.29, 0.717) is 22.7 Å². The van der Waals surface area contributed by atoms with Crippen LogP contribution in [0.1, 0.15) is 31.4 Å². The second kappa shape index (κ2) is 7.99. The van der Waals surface area contributed by atoms with Gasteiger partial charge >= 0.3 is 0 Å². The first-order valence-electron chi connectivity index (χ1n) is 8.97. The molecule has 144 valence electrons. The van der Waals surface area contributed by atoms with Crippen molar-refractivity contribution in [2.45, 2.75) is 33.2 Å². The van der Waals surface area contributed by atoms with Crippen molar-refractivity contribution in [1.82, 2.24) is 9.38 Å². The first-order chi connectivity index (χ1) is 13.4. The van der Waals surface area contributed by atoms with Gasteiger partial charge in [0, 0.05) is 30.6 Å². The second-order valence-electron chi connectivity index (χ2n) is 6.55. The third-order valence-corrected chi connectivity index (χ3v) is 4.48. The molecule has 2 aromatic heterocycles. The predicted molar refractivity (Wildman–Crippen MR) is 110 cm³/mol. The van der Waals surface area contributed by atoms with Crippen LogP contribution >= 0.6 is 0 Å². The number of nitrogens with one attached hydrogen (secondary N) is 1. The summed E-state index contributed by atoms with van der Waals surface area (Å²) >= 11 is 0. The van der Waals surface area contributed by atoms with Crippen molar-refractivity contribution in [3.63, 3.8) is 0 Å². The lowest BCUT2D eigenvalue weighted by Gasteiger charge is -2.15. The molecule has 0 spiro atoms. The van der Waals surface area contributed by atoms with Crippen LogP contribution in [0, 0.1) is 17.0 Å². The van der Waals surface area contributed by atoms with Gasteiger partial charge in [-0.2, -0.15) is 0 Å². The third-order valence-electron chi connectivity index (χ3n) is 4.48. The Labute approximate surface area is 161 Å². The molecule has 8 heteroatoms. The molecule has 1 aromatic carbocycles. The van der Waals surface area contributed by atoms with Crippen molar-refractivity contribution in [1.29, 1.82) is 0 Å². The van der Waals surface area contributed by atoms with Crippen molar-refractivity contribution in [3.05, 3.63) is 74.2 Å². The number of nitro benzene ring substituents is 1. The number of rotatable bonds is 6. The van der Waals surface area contributed by atoms with E-state index in [-0.39, 0.29) is 17.3 Å². The molecule has 0 amide bonds. The average Bonchev–Trinajstić information content (AvgIpc) is 2.68. The summed E-state index contributed by atoms with van der Waals surface area (Å²) in [4.78, 5) is 32.3. The summed E-state index contributed by atoms with van der Waals surface area (Å²) in [5.74, 6) is 0.472. The quantitative estimate of drug-likeness (QED) is 0.398. The van der Waals surface area contributed by atoms with Gasteiger partial charge in [-0.3, -0.25) is 24.3 Å². The Bertz CT molecular complexity index is 1100. The molecule has 0 radical (unpaired) electrons. The van der Waals surface area contributed by atoms with Gasteiger partial charge in [0.05, 0.1) is 10.6 Å². The van der Waals surface area contributed by atoms with Crippen LogP contribution < -0.4 is 10.9 Å². The fraction of sp³-hybridized carbons (Fsp3) is 0.250. The number of nitro groups is 1. The van der Waals surface area contributed by atoms with Crippen LogP contribution in [-0.2, 0) is 0 Å². The van der Waals surface area contributed by atoms with E-state index in [1.54, 1.807) is 12.3 Å². The number of hydrogen-bond acceptors (Lipinski definition) is 6. The van der Waals surface area contributed by atoms with Crippen LogP contribution in [-0.4, -0.2) is 26.6 Å². The van der Waals surface area contributed by atoms with Crippen molar-refractivity contribution in [2.24, 2.45) is 4.99 Å². The van der Waals surface area contributed by atoms with E-state index in [9.17, 15) is 14.9 Å². The molecule has 0 fully saturated rings. The molecule has 3 aromatic rings.